The summed E-state index contributed by atoms with van der Waals surface area (Å²) in [5.41, 5.74) is 0.613. The molecule has 0 saturated carbocycles. The number of hydrogen-bond acceptors (Lipinski definition) is 4. The number of carboxylic acids is 1. The standard InChI is InChI=1S/C12H14N2O4/c1-18-10-5-3-2-4-8(10)14-7-11(15)13-6-9(14)12(16)17/h2-5,9H,6-7H2,1H3,(H,13,15)(H,16,17). The fourth-order valence-electron chi connectivity index (χ4n) is 1.98. The van der Waals surface area contributed by atoms with Crippen molar-refractivity contribution >= 4 is 17.6 Å². The molecule has 18 heavy (non-hydrogen) atoms. The van der Waals surface area contributed by atoms with E-state index in [9.17, 15) is 14.7 Å². The molecule has 1 unspecified atom stereocenters. The van der Waals surface area contributed by atoms with Gasteiger partial charge >= 0.3 is 5.97 Å². The highest BCUT2D eigenvalue weighted by Crippen LogP contribution is 2.29. The Morgan fingerprint density at radius 1 is 1.50 bits per heavy atom. The van der Waals surface area contributed by atoms with Crippen molar-refractivity contribution in [1.29, 1.82) is 0 Å². The first-order valence-electron chi connectivity index (χ1n) is 5.52. The van der Waals surface area contributed by atoms with E-state index >= 15 is 0 Å². The van der Waals surface area contributed by atoms with Crippen molar-refractivity contribution < 1.29 is 19.4 Å². The number of aliphatic carboxylic acids is 1. The number of hydrogen-bond donors (Lipinski definition) is 2. The second-order valence-corrected chi connectivity index (χ2v) is 3.96. The highest BCUT2D eigenvalue weighted by atomic mass is 16.5. The Bertz CT molecular complexity index is 475. The van der Waals surface area contributed by atoms with Crippen molar-refractivity contribution in [3.8, 4) is 5.75 Å². The number of rotatable bonds is 3. The lowest BCUT2D eigenvalue weighted by molar-refractivity contribution is -0.139. The zero-order valence-electron chi connectivity index (χ0n) is 9.92. The topological polar surface area (TPSA) is 78.9 Å². The van der Waals surface area contributed by atoms with Crippen molar-refractivity contribution in [3.05, 3.63) is 24.3 Å². The second-order valence-electron chi connectivity index (χ2n) is 3.96. The van der Waals surface area contributed by atoms with Crippen LogP contribution in [-0.4, -0.2) is 43.2 Å². The zero-order chi connectivity index (χ0) is 13.1. The first-order valence-corrected chi connectivity index (χ1v) is 5.52. The Hall–Kier alpha value is -2.24. The van der Waals surface area contributed by atoms with Gasteiger partial charge in [-0.15, -0.1) is 0 Å². The van der Waals surface area contributed by atoms with Crippen molar-refractivity contribution in [3.63, 3.8) is 0 Å². The molecule has 0 radical (unpaired) electrons. The average Bonchev–Trinajstić information content (AvgIpc) is 2.38. The third-order valence-corrected chi connectivity index (χ3v) is 2.86. The Morgan fingerprint density at radius 3 is 2.89 bits per heavy atom. The quantitative estimate of drug-likeness (QED) is 0.794. The van der Waals surface area contributed by atoms with E-state index in [2.05, 4.69) is 5.32 Å². The number of carbonyl (C=O) groups excluding carboxylic acids is 1. The van der Waals surface area contributed by atoms with Crippen LogP contribution in [0.15, 0.2) is 24.3 Å². The predicted octanol–water partition coefficient (Wildman–Crippen LogP) is 0.0846. The van der Waals surface area contributed by atoms with Crippen LogP contribution in [0.5, 0.6) is 5.75 Å². The SMILES string of the molecule is COc1ccccc1N1CC(=O)NCC1C(=O)O. The molecular weight excluding hydrogens is 236 g/mol. The summed E-state index contributed by atoms with van der Waals surface area (Å²) in [6, 6.07) is 6.28. The number of carbonyl (C=O) groups is 2. The largest absolute Gasteiger partial charge is 0.495 e. The van der Waals surface area contributed by atoms with Gasteiger partial charge in [-0.25, -0.2) is 4.79 Å². The molecule has 0 bridgehead atoms. The maximum Gasteiger partial charge on any atom is 0.328 e. The van der Waals surface area contributed by atoms with Gasteiger partial charge in [-0.1, -0.05) is 12.1 Å². The maximum absolute atomic E-state index is 11.4. The number of ether oxygens (including phenoxy) is 1. The number of para-hydroxylation sites is 2. The molecule has 1 fully saturated rings. The molecule has 1 heterocycles. The van der Waals surface area contributed by atoms with Crippen LogP contribution in [0.4, 0.5) is 5.69 Å². The second kappa shape index (κ2) is 4.95. The van der Waals surface area contributed by atoms with Gasteiger partial charge in [0, 0.05) is 6.54 Å². The van der Waals surface area contributed by atoms with Crippen LogP contribution in [0, 0.1) is 0 Å². The van der Waals surface area contributed by atoms with E-state index in [0.717, 1.165) is 0 Å². The lowest BCUT2D eigenvalue weighted by Gasteiger charge is -2.35. The Morgan fingerprint density at radius 2 is 2.22 bits per heavy atom. The maximum atomic E-state index is 11.4. The van der Waals surface area contributed by atoms with Crippen molar-refractivity contribution in [2.24, 2.45) is 0 Å². The molecule has 1 aliphatic heterocycles. The van der Waals surface area contributed by atoms with E-state index in [1.165, 1.54) is 7.11 Å². The lowest BCUT2D eigenvalue weighted by Crippen LogP contribution is -2.57. The summed E-state index contributed by atoms with van der Waals surface area (Å²) < 4.78 is 5.20. The van der Waals surface area contributed by atoms with E-state index in [4.69, 9.17) is 4.74 Å². The number of piperazine rings is 1. The molecule has 2 N–H and O–H groups in total. The van der Waals surface area contributed by atoms with E-state index in [1.54, 1.807) is 29.2 Å². The number of benzene rings is 1. The van der Waals surface area contributed by atoms with Crippen LogP contribution in [0.25, 0.3) is 0 Å². The van der Waals surface area contributed by atoms with Gasteiger partial charge < -0.3 is 20.1 Å². The molecule has 1 amide bonds. The molecule has 1 aliphatic rings. The van der Waals surface area contributed by atoms with Gasteiger partial charge in [-0.05, 0) is 12.1 Å². The summed E-state index contributed by atoms with van der Waals surface area (Å²) in [6.45, 7) is 0.101. The summed E-state index contributed by atoms with van der Waals surface area (Å²) in [5.74, 6) is -0.613. The summed E-state index contributed by atoms with van der Waals surface area (Å²) in [5, 5.41) is 11.7. The normalized spacial score (nSPS) is 19.3. The van der Waals surface area contributed by atoms with E-state index < -0.39 is 12.0 Å². The molecule has 0 aliphatic carbocycles. The summed E-state index contributed by atoms with van der Waals surface area (Å²) in [6.07, 6.45) is 0. The van der Waals surface area contributed by atoms with Crippen LogP contribution in [0.1, 0.15) is 0 Å². The number of amides is 1. The highest BCUT2D eigenvalue weighted by Gasteiger charge is 2.33. The minimum Gasteiger partial charge on any atom is -0.495 e. The van der Waals surface area contributed by atoms with E-state index in [1.807, 2.05) is 0 Å². The lowest BCUT2D eigenvalue weighted by atomic mass is 10.1. The summed E-state index contributed by atoms with van der Waals surface area (Å²) in [4.78, 5) is 24.2. The summed E-state index contributed by atoms with van der Waals surface area (Å²) >= 11 is 0. The Balaban J connectivity index is 2.37. The van der Waals surface area contributed by atoms with Gasteiger partial charge in [0.05, 0.1) is 19.3 Å². The van der Waals surface area contributed by atoms with Gasteiger partial charge in [-0.3, -0.25) is 4.79 Å². The first kappa shape index (κ1) is 12.2. The van der Waals surface area contributed by atoms with E-state index in [0.29, 0.717) is 11.4 Å². The van der Waals surface area contributed by atoms with Crippen LogP contribution >= 0.6 is 0 Å². The van der Waals surface area contributed by atoms with Gasteiger partial charge in [0.25, 0.3) is 0 Å². The molecule has 0 spiro atoms. The van der Waals surface area contributed by atoms with Crippen LogP contribution < -0.4 is 15.0 Å². The molecule has 1 saturated heterocycles. The van der Waals surface area contributed by atoms with Crippen LogP contribution in [-0.2, 0) is 9.59 Å². The molecule has 0 aromatic heterocycles. The van der Waals surface area contributed by atoms with Crippen LogP contribution in [0.2, 0.25) is 0 Å². The molecule has 96 valence electrons. The first-order chi connectivity index (χ1) is 8.63. The van der Waals surface area contributed by atoms with Crippen molar-refractivity contribution in [1.82, 2.24) is 5.32 Å². The number of anilines is 1. The predicted molar refractivity (Wildman–Crippen MR) is 64.8 cm³/mol. The summed E-state index contributed by atoms with van der Waals surface area (Å²) in [7, 11) is 1.51. The molecule has 1 atom stereocenters. The smallest absolute Gasteiger partial charge is 0.328 e. The molecule has 2 rings (SSSR count). The number of methoxy groups -OCH3 is 1. The molecule has 6 heteroatoms. The minimum atomic E-state index is -0.971. The monoisotopic (exact) mass is 250 g/mol. The molecule has 1 aromatic rings. The average molecular weight is 250 g/mol. The fourth-order valence-corrected chi connectivity index (χ4v) is 1.98. The van der Waals surface area contributed by atoms with Gasteiger partial charge in [0.2, 0.25) is 5.91 Å². The van der Waals surface area contributed by atoms with Gasteiger partial charge in [0.1, 0.15) is 11.8 Å². The van der Waals surface area contributed by atoms with Gasteiger partial charge in [0.15, 0.2) is 0 Å². The number of nitrogens with one attached hydrogen (secondary N) is 1. The molecule has 6 nitrogen and oxygen atoms in total. The Labute approximate surface area is 104 Å². The minimum absolute atomic E-state index is 0.0112. The number of carboxylic acid groups (broad SMARTS) is 1. The zero-order valence-corrected chi connectivity index (χ0v) is 9.92. The van der Waals surface area contributed by atoms with Crippen LogP contribution in [0.3, 0.4) is 0 Å². The third kappa shape index (κ3) is 2.22. The molecular formula is C12H14N2O4. The van der Waals surface area contributed by atoms with Crippen molar-refractivity contribution in [2.45, 2.75) is 6.04 Å². The fraction of sp³-hybridized carbons (Fsp3) is 0.333. The molecule has 1 aromatic carbocycles. The number of nitrogens with zero attached hydrogens (tertiary/aromatic N) is 1. The third-order valence-electron chi connectivity index (χ3n) is 2.86. The van der Waals surface area contributed by atoms with E-state index in [-0.39, 0.29) is 19.0 Å². The van der Waals surface area contributed by atoms with Crippen molar-refractivity contribution in [2.75, 3.05) is 25.1 Å². The van der Waals surface area contributed by atoms with Gasteiger partial charge in [-0.2, -0.15) is 0 Å². The Kier molecular flexibility index (Phi) is 3.36. The highest BCUT2D eigenvalue weighted by molar-refractivity contribution is 5.89.